The normalized spacial score (nSPS) is 9.65. The first-order valence-corrected chi connectivity index (χ1v) is 21.6. The smallest absolute Gasteiger partial charge is 0.310 e. The van der Waals surface area contributed by atoms with Gasteiger partial charge in [0.25, 0.3) is 0 Å². The number of nitrogens with one attached hydrogen (secondary N) is 1. The largest absolute Gasteiger partial charge is 0.469 e. The lowest BCUT2D eigenvalue weighted by Gasteiger charge is -2.06. The van der Waals surface area contributed by atoms with Crippen LogP contribution in [0.3, 0.4) is 0 Å². The van der Waals surface area contributed by atoms with Gasteiger partial charge in [-0.3, -0.25) is 28.8 Å². The van der Waals surface area contributed by atoms with E-state index < -0.39 is 11.9 Å². The van der Waals surface area contributed by atoms with Gasteiger partial charge in [0.1, 0.15) is 0 Å². The highest BCUT2D eigenvalue weighted by Gasteiger charge is 2.13. The number of ether oxygens (including phenoxy) is 5. The highest BCUT2D eigenvalue weighted by molar-refractivity contribution is 9.10. The second-order valence-corrected chi connectivity index (χ2v) is 15.7. The number of aliphatic hydroxyl groups excluding tert-OH is 1. The number of aliphatic hydroxyl groups is 1. The highest BCUT2D eigenvalue weighted by Crippen LogP contribution is 2.25. The zero-order valence-corrected chi connectivity index (χ0v) is 42.2. The van der Waals surface area contributed by atoms with Crippen LogP contribution in [0.2, 0.25) is 20.1 Å². The molecule has 0 saturated carbocycles. The molecule has 0 aliphatic rings. The lowest BCUT2D eigenvalue weighted by atomic mass is 10.1. The predicted molar refractivity (Wildman–Crippen MR) is 255 cm³/mol. The molecule has 0 aliphatic carbocycles. The van der Waals surface area contributed by atoms with Gasteiger partial charge in [-0.15, -0.1) is 0 Å². The summed E-state index contributed by atoms with van der Waals surface area (Å²) >= 11 is 27.1. The van der Waals surface area contributed by atoms with Crippen molar-refractivity contribution >= 4 is 104 Å². The third-order valence-corrected chi connectivity index (χ3v) is 10.0. The fraction of sp³-hybridized carbons (Fsp3) is 0.261. The first-order chi connectivity index (χ1) is 32.1. The van der Waals surface area contributed by atoms with Crippen LogP contribution in [0.5, 0.6) is 0 Å². The molecule has 68 heavy (non-hydrogen) atoms. The summed E-state index contributed by atoms with van der Waals surface area (Å²) < 4.78 is 27.9. The molecule has 5 rings (SSSR count). The Morgan fingerprint density at radius 3 is 1.41 bits per heavy atom. The van der Waals surface area contributed by atoms with Gasteiger partial charge in [0.15, 0.2) is 0 Å². The molecule has 0 atom stereocenters. The lowest BCUT2D eigenvalue weighted by Crippen LogP contribution is -2.07. The summed E-state index contributed by atoms with van der Waals surface area (Å²) in [5.74, 6) is -1.51. The van der Waals surface area contributed by atoms with E-state index in [0.29, 0.717) is 59.6 Å². The summed E-state index contributed by atoms with van der Waals surface area (Å²) in [5, 5.41) is 30.4. The number of hydrogen-bond donors (Lipinski definition) is 2. The van der Waals surface area contributed by atoms with Crippen molar-refractivity contribution in [1.29, 1.82) is 10.7 Å². The molecule has 17 nitrogen and oxygen atoms in total. The number of hydrogen-bond acceptors (Lipinski definition) is 17. The third kappa shape index (κ3) is 23.0. The molecule has 2 N–H and O–H groups in total. The van der Waals surface area contributed by atoms with E-state index in [1.165, 1.54) is 48.4 Å². The number of aryl methyl sites for hydroxylation is 1. The molecule has 0 fully saturated rings. The molecule has 0 radical (unpaired) electrons. The maximum atomic E-state index is 11.2. The molecule has 22 heteroatoms. The Bertz CT molecular complexity index is 2590. The number of esters is 6. The van der Waals surface area contributed by atoms with Crippen LogP contribution >= 0.6 is 62.3 Å². The number of rotatable bonds is 11. The van der Waals surface area contributed by atoms with Gasteiger partial charge in [-0.2, -0.15) is 10.2 Å². The van der Waals surface area contributed by atoms with Gasteiger partial charge in [0.05, 0.1) is 78.1 Å². The van der Waals surface area contributed by atoms with Crippen molar-refractivity contribution in [2.75, 3.05) is 35.0 Å². The zero-order chi connectivity index (χ0) is 51.5. The molecule has 362 valence electrons. The topological polar surface area (TPSA) is 255 Å². The number of nitriles is 1. The van der Waals surface area contributed by atoms with Crippen LogP contribution in [0.25, 0.3) is 11.4 Å². The molecule has 1 heterocycles. The number of carbonyl (C=O) groups is 6. The van der Waals surface area contributed by atoms with Crippen molar-refractivity contribution in [2.45, 2.75) is 46.5 Å². The Labute approximate surface area is 420 Å². The zero-order valence-electron chi connectivity index (χ0n) is 37.5. The Morgan fingerprint density at radius 1 is 0.662 bits per heavy atom. The average Bonchev–Trinajstić information content (AvgIpc) is 3.75. The van der Waals surface area contributed by atoms with Crippen LogP contribution < -0.4 is 0 Å². The Morgan fingerprint density at radius 2 is 1.07 bits per heavy atom. The molecule has 0 unspecified atom stereocenters. The Hall–Kier alpha value is -6.20. The third-order valence-electron chi connectivity index (χ3n) is 8.13. The molecular formula is C46H45BrCl4N4O13. The second-order valence-electron chi connectivity index (χ2n) is 13.1. The standard InChI is InChI=1S/C12H11ClN2O3.C11H12ClNO3.C10H8ClNO2.C9H8BrClO2.C4H6O3/c1-7-14-12(15-18-7)9-4-3-8(10(13)5-9)6-11(16)17-2;1-16-11(15)5-7-2-3-8(4-9(7)12)10(13)6-14;1-14-10(13)5-8-3-2-7(6-12)4-9(8)11;1-13-9(12)4-6-2-3-7(10)5-8(6)11;1-3(5)7-4(2)6/h3-5H,6H2,1-2H3;2-4,13-14H,5-6H2,1H3;2-4H,5H2,1H3;2-3,5H,4H2,1H3;1-2H3. The highest BCUT2D eigenvalue weighted by atomic mass is 79.9. The minimum absolute atomic E-state index is 0.0894. The molecule has 0 saturated heterocycles. The maximum absolute atomic E-state index is 11.2. The van der Waals surface area contributed by atoms with Gasteiger partial charge >= 0.3 is 35.8 Å². The number of halogens is 5. The fourth-order valence-electron chi connectivity index (χ4n) is 4.75. The van der Waals surface area contributed by atoms with Gasteiger partial charge in [0.2, 0.25) is 11.7 Å². The van der Waals surface area contributed by atoms with Gasteiger partial charge < -0.3 is 38.7 Å². The minimum atomic E-state index is -0.562. The number of methoxy groups -OCH3 is 4. The predicted octanol–water partition coefficient (Wildman–Crippen LogP) is 8.67. The van der Waals surface area contributed by atoms with E-state index in [4.69, 9.17) is 66.7 Å². The van der Waals surface area contributed by atoms with Crippen molar-refractivity contribution in [3.63, 3.8) is 0 Å². The minimum Gasteiger partial charge on any atom is -0.469 e. The summed E-state index contributed by atoms with van der Waals surface area (Å²) in [6.07, 6.45) is 0.576. The first-order valence-electron chi connectivity index (χ1n) is 19.3. The molecule has 4 aromatic carbocycles. The number of benzene rings is 4. The first kappa shape index (κ1) is 59.8. The van der Waals surface area contributed by atoms with Gasteiger partial charge in [-0.05, 0) is 64.2 Å². The summed E-state index contributed by atoms with van der Waals surface area (Å²) in [5.41, 5.74) is 4.63. The summed E-state index contributed by atoms with van der Waals surface area (Å²) in [4.78, 5) is 67.8. The van der Waals surface area contributed by atoms with Crippen LogP contribution in [0.1, 0.15) is 53.1 Å². The van der Waals surface area contributed by atoms with Gasteiger partial charge in [-0.1, -0.05) is 104 Å². The van der Waals surface area contributed by atoms with E-state index >= 15 is 0 Å². The monoisotopic (exact) mass is 1080 g/mol. The van der Waals surface area contributed by atoms with Crippen molar-refractivity contribution in [3.05, 3.63) is 137 Å². The molecule has 5 aromatic rings. The van der Waals surface area contributed by atoms with E-state index in [9.17, 15) is 28.8 Å². The van der Waals surface area contributed by atoms with Crippen molar-refractivity contribution in [3.8, 4) is 17.5 Å². The molecule has 0 spiro atoms. The molecule has 0 amide bonds. The summed E-state index contributed by atoms with van der Waals surface area (Å²) in [6, 6.07) is 22.2. The molecule has 0 bridgehead atoms. The van der Waals surface area contributed by atoms with E-state index in [-0.39, 0.29) is 61.9 Å². The quantitative estimate of drug-likeness (QED) is 0.0543. The number of aromatic nitrogens is 2. The summed E-state index contributed by atoms with van der Waals surface area (Å²) in [7, 11) is 5.33. The SMILES string of the molecule is CC(=O)OC(C)=O.COC(=O)Cc1ccc(-c2noc(C)n2)cc1Cl.COC(=O)Cc1ccc(Br)cc1Cl.COC(=O)Cc1ccc(C#N)cc1Cl.COC(=O)Cc1ccc(C(=N)CO)cc1Cl. The van der Waals surface area contributed by atoms with Crippen LogP contribution in [0, 0.1) is 23.7 Å². The molecular weight excluding hydrogens is 1040 g/mol. The fourth-order valence-corrected chi connectivity index (χ4v) is 6.24. The number of nitrogens with zero attached hydrogens (tertiary/aromatic N) is 3. The molecule has 1 aromatic heterocycles. The summed E-state index contributed by atoms with van der Waals surface area (Å²) in [6.45, 7) is 3.74. The van der Waals surface area contributed by atoms with E-state index in [0.717, 1.165) is 15.6 Å². The van der Waals surface area contributed by atoms with Crippen molar-refractivity contribution in [1.82, 2.24) is 10.1 Å². The maximum Gasteiger partial charge on any atom is 0.310 e. The van der Waals surface area contributed by atoms with Crippen LogP contribution in [-0.2, 0) is 78.1 Å². The van der Waals surface area contributed by atoms with Crippen LogP contribution in [0.15, 0.2) is 81.8 Å². The van der Waals surface area contributed by atoms with Crippen LogP contribution in [0.4, 0.5) is 0 Å². The molecule has 0 aliphatic heterocycles. The Balaban J connectivity index is 0.000000436. The Kier molecular flexibility index (Phi) is 27.9. The van der Waals surface area contributed by atoms with Gasteiger partial charge in [0, 0.05) is 50.9 Å². The van der Waals surface area contributed by atoms with E-state index in [1.807, 2.05) is 12.1 Å². The lowest BCUT2D eigenvalue weighted by molar-refractivity contribution is -0.156. The number of carbonyl (C=O) groups excluding carboxylic acids is 6. The van der Waals surface area contributed by atoms with Crippen molar-refractivity contribution < 1.29 is 62.1 Å². The second kappa shape index (κ2) is 31.7. The average molecular weight is 1080 g/mol. The van der Waals surface area contributed by atoms with Gasteiger partial charge in [-0.25, -0.2) is 0 Å². The van der Waals surface area contributed by atoms with Crippen LogP contribution in [-0.4, -0.2) is 91.8 Å². The van der Waals surface area contributed by atoms with E-state index in [2.05, 4.69) is 49.8 Å². The van der Waals surface area contributed by atoms with E-state index in [1.54, 1.807) is 67.6 Å². The van der Waals surface area contributed by atoms with Crippen molar-refractivity contribution in [2.24, 2.45) is 0 Å².